The van der Waals surface area contributed by atoms with E-state index < -0.39 is 5.91 Å². The van der Waals surface area contributed by atoms with E-state index in [9.17, 15) is 9.90 Å². The second-order valence-electron chi connectivity index (χ2n) is 7.40. The Morgan fingerprint density at radius 3 is 2.90 bits per heavy atom. The maximum absolute atomic E-state index is 12.5. The largest absolute Gasteiger partial charge is 0.505 e. The highest BCUT2D eigenvalue weighted by Gasteiger charge is 2.39. The summed E-state index contributed by atoms with van der Waals surface area (Å²) in [5.41, 5.74) is 1.51. The number of pyridine rings is 3. The van der Waals surface area contributed by atoms with Crippen molar-refractivity contribution in [2.75, 3.05) is 18.1 Å². The maximum atomic E-state index is 12.5. The maximum Gasteiger partial charge on any atom is 0.274 e. The monoisotopic (exact) mass is 402 g/mol. The molecule has 2 unspecified atom stereocenters. The van der Waals surface area contributed by atoms with Gasteiger partial charge in [0.1, 0.15) is 17.6 Å². The summed E-state index contributed by atoms with van der Waals surface area (Å²) >= 11 is 0. The van der Waals surface area contributed by atoms with E-state index in [1.54, 1.807) is 18.2 Å². The van der Waals surface area contributed by atoms with Gasteiger partial charge in [-0.05, 0) is 30.2 Å². The number of carbonyl (C=O) groups is 1. The molecule has 3 aromatic rings. The number of nitrogens with one attached hydrogen (secondary N) is 1. The number of carbonyl (C=O) groups excluding carboxylic acids is 1. The molecule has 2 atom stereocenters. The molecule has 2 fully saturated rings. The molecule has 0 aromatic carbocycles. The van der Waals surface area contributed by atoms with Crippen molar-refractivity contribution in [2.45, 2.75) is 25.1 Å². The molecule has 2 aliphatic rings. The molecule has 0 saturated carbocycles. The fourth-order valence-electron chi connectivity index (χ4n) is 3.94. The first-order valence-corrected chi connectivity index (χ1v) is 9.62. The van der Waals surface area contributed by atoms with Gasteiger partial charge in [0.15, 0.2) is 11.4 Å². The zero-order valence-corrected chi connectivity index (χ0v) is 15.9. The van der Waals surface area contributed by atoms with Crippen LogP contribution in [0.25, 0.3) is 10.9 Å². The van der Waals surface area contributed by atoms with Crippen molar-refractivity contribution in [3.05, 3.63) is 53.6 Å². The molecule has 2 saturated heterocycles. The van der Waals surface area contributed by atoms with Gasteiger partial charge in [0.05, 0.1) is 30.5 Å². The minimum atomic E-state index is -0.503. The molecule has 2 bridgehead atoms. The molecule has 2 N–H and O–H groups in total. The Morgan fingerprint density at radius 2 is 2.20 bits per heavy atom. The summed E-state index contributed by atoms with van der Waals surface area (Å²) in [6.07, 6.45) is 4.29. The molecule has 0 spiro atoms. The van der Waals surface area contributed by atoms with Crippen molar-refractivity contribution in [2.24, 2.45) is 0 Å². The molecule has 150 valence electrons. The van der Waals surface area contributed by atoms with E-state index in [0.29, 0.717) is 29.2 Å². The first-order valence-electron chi connectivity index (χ1n) is 9.62. The van der Waals surface area contributed by atoms with Gasteiger partial charge in [-0.3, -0.25) is 4.79 Å². The predicted molar refractivity (Wildman–Crippen MR) is 107 cm³/mol. The summed E-state index contributed by atoms with van der Waals surface area (Å²) in [6, 6.07) is 9.19. The quantitative estimate of drug-likeness (QED) is 0.673. The fraction of sp³-hybridized carbons (Fsp3) is 0.286. The summed E-state index contributed by atoms with van der Waals surface area (Å²) in [7, 11) is 0. The number of amides is 1. The molecular formula is C21H18N6O3. The second kappa shape index (κ2) is 7.24. The van der Waals surface area contributed by atoms with Crippen LogP contribution in [0.4, 0.5) is 5.82 Å². The number of ether oxygens (including phenoxy) is 1. The molecule has 3 aromatic heterocycles. The highest BCUT2D eigenvalue weighted by atomic mass is 16.5. The third-order valence-electron chi connectivity index (χ3n) is 5.51. The molecule has 9 nitrogen and oxygen atoms in total. The van der Waals surface area contributed by atoms with Gasteiger partial charge in [0.25, 0.3) is 5.91 Å². The van der Waals surface area contributed by atoms with Crippen LogP contribution in [0, 0.1) is 11.3 Å². The van der Waals surface area contributed by atoms with Crippen molar-refractivity contribution in [3.8, 4) is 11.8 Å². The highest BCUT2D eigenvalue weighted by Crippen LogP contribution is 2.34. The van der Waals surface area contributed by atoms with E-state index in [1.807, 2.05) is 12.1 Å². The summed E-state index contributed by atoms with van der Waals surface area (Å²) < 4.78 is 5.63. The van der Waals surface area contributed by atoms with Crippen LogP contribution in [0.3, 0.4) is 0 Å². The Labute approximate surface area is 172 Å². The molecular weight excluding hydrogens is 384 g/mol. The Kier molecular flexibility index (Phi) is 4.41. The lowest BCUT2D eigenvalue weighted by Crippen LogP contribution is -2.37. The van der Waals surface area contributed by atoms with Crippen LogP contribution in [-0.4, -0.2) is 51.3 Å². The number of nitriles is 1. The van der Waals surface area contributed by atoms with E-state index in [-0.39, 0.29) is 24.1 Å². The summed E-state index contributed by atoms with van der Waals surface area (Å²) in [4.78, 5) is 27.5. The third kappa shape index (κ3) is 3.17. The zero-order chi connectivity index (χ0) is 20.7. The topological polar surface area (TPSA) is 124 Å². The first-order chi connectivity index (χ1) is 14.6. The summed E-state index contributed by atoms with van der Waals surface area (Å²) in [5, 5.41) is 22.6. The standard InChI is InChI=1S/C21H18N6O3/c22-6-13-2-1-12(7-23-13)8-25-21(29)19-20(28)16-3-4-18(26-17(16)9-24-19)27-10-15-5-14(27)11-30-15/h1-4,7,9,14-15,28H,5,8,10-11H2,(H,25,29). The number of aromatic nitrogens is 3. The van der Waals surface area contributed by atoms with Gasteiger partial charge < -0.3 is 20.1 Å². The average Bonchev–Trinajstić information content (AvgIpc) is 3.42. The van der Waals surface area contributed by atoms with E-state index >= 15 is 0 Å². The lowest BCUT2D eigenvalue weighted by molar-refractivity contribution is 0.0943. The van der Waals surface area contributed by atoms with Crippen LogP contribution in [0.2, 0.25) is 0 Å². The Hall–Kier alpha value is -3.77. The van der Waals surface area contributed by atoms with E-state index in [0.717, 1.165) is 24.3 Å². The van der Waals surface area contributed by atoms with E-state index in [4.69, 9.17) is 10.00 Å². The van der Waals surface area contributed by atoms with Crippen LogP contribution in [0.15, 0.2) is 36.7 Å². The molecule has 5 heterocycles. The molecule has 30 heavy (non-hydrogen) atoms. The smallest absolute Gasteiger partial charge is 0.274 e. The summed E-state index contributed by atoms with van der Waals surface area (Å²) in [5.74, 6) is 0.120. The Balaban J connectivity index is 1.34. The van der Waals surface area contributed by atoms with Crippen LogP contribution in [0.1, 0.15) is 28.2 Å². The van der Waals surface area contributed by atoms with Crippen molar-refractivity contribution < 1.29 is 14.6 Å². The number of fused-ring (bicyclic) bond motifs is 3. The number of hydrogen-bond donors (Lipinski definition) is 2. The number of hydrogen-bond acceptors (Lipinski definition) is 8. The third-order valence-corrected chi connectivity index (χ3v) is 5.51. The molecule has 5 rings (SSSR count). The normalized spacial score (nSPS) is 19.8. The number of aromatic hydroxyl groups is 1. The van der Waals surface area contributed by atoms with Crippen LogP contribution in [0.5, 0.6) is 5.75 Å². The SMILES string of the molecule is N#Cc1ccc(CNC(=O)c2ncc3nc(N4CC5CC4CO5)ccc3c2O)cn1. The van der Waals surface area contributed by atoms with Crippen molar-refractivity contribution in [1.82, 2.24) is 20.3 Å². The lowest BCUT2D eigenvalue weighted by Gasteiger charge is -2.28. The number of anilines is 1. The lowest BCUT2D eigenvalue weighted by atomic mass is 10.2. The van der Waals surface area contributed by atoms with Crippen LogP contribution < -0.4 is 10.2 Å². The molecule has 0 aliphatic carbocycles. The van der Waals surface area contributed by atoms with Gasteiger partial charge in [-0.2, -0.15) is 5.26 Å². The molecule has 1 amide bonds. The van der Waals surface area contributed by atoms with Crippen molar-refractivity contribution in [3.63, 3.8) is 0 Å². The number of nitrogens with zero attached hydrogens (tertiary/aromatic N) is 5. The van der Waals surface area contributed by atoms with Crippen molar-refractivity contribution >= 4 is 22.6 Å². The Morgan fingerprint density at radius 1 is 1.30 bits per heavy atom. The van der Waals surface area contributed by atoms with Gasteiger partial charge in [-0.15, -0.1) is 0 Å². The minimum absolute atomic E-state index is 0.0627. The summed E-state index contributed by atoms with van der Waals surface area (Å²) in [6.45, 7) is 1.72. The van der Waals surface area contributed by atoms with Gasteiger partial charge in [0, 0.05) is 24.7 Å². The first kappa shape index (κ1) is 18.3. The van der Waals surface area contributed by atoms with Gasteiger partial charge >= 0.3 is 0 Å². The van der Waals surface area contributed by atoms with E-state index in [2.05, 4.69) is 25.2 Å². The van der Waals surface area contributed by atoms with Gasteiger partial charge in [-0.1, -0.05) is 6.07 Å². The van der Waals surface area contributed by atoms with Gasteiger partial charge in [0.2, 0.25) is 0 Å². The van der Waals surface area contributed by atoms with Crippen LogP contribution >= 0.6 is 0 Å². The Bertz CT molecular complexity index is 1170. The second-order valence-corrected chi connectivity index (χ2v) is 7.40. The van der Waals surface area contributed by atoms with Crippen LogP contribution in [-0.2, 0) is 11.3 Å². The van der Waals surface area contributed by atoms with Gasteiger partial charge in [-0.25, -0.2) is 15.0 Å². The average molecular weight is 402 g/mol. The predicted octanol–water partition coefficient (Wildman–Crippen LogP) is 1.51. The molecule has 9 heteroatoms. The molecule has 0 radical (unpaired) electrons. The minimum Gasteiger partial charge on any atom is -0.505 e. The number of rotatable bonds is 4. The number of morpholine rings is 1. The zero-order valence-electron chi connectivity index (χ0n) is 15.9. The van der Waals surface area contributed by atoms with E-state index in [1.165, 1.54) is 12.4 Å². The highest BCUT2D eigenvalue weighted by molar-refractivity contribution is 6.00. The fourth-order valence-corrected chi connectivity index (χ4v) is 3.94. The van der Waals surface area contributed by atoms with Crippen molar-refractivity contribution in [1.29, 1.82) is 5.26 Å². The molecule has 2 aliphatic heterocycles.